The number of nitrogens with two attached hydrogens (primary N) is 1. The minimum atomic E-state index is -0.652. The third-order valence-corrected chi connectivity index (χ3v) is 7.02. The fraction of sp³-hybridized carbons (Fsp3) is 0.280. The molecule has 2 aromatic carbocycles. The minimum Gasteiger partial charge on any atom is -0.364 e. The van der Waals surface area contributed by atoms with E-state index in [-0.39, 0.29) is 36.0 Å². The van der Waals surface area contributed by atoms with Gasteiger partial charge < -0.3 is 16.0 Å². The average Bonchev–Trinajstić information content (AvgIpc) is 3.57. The van der Waals surface area contributed by atoms with Gasteiger partial charge >= 0.3 is 0 Å². The Morgan fingerprint density at radius 3 is 2.63 bits per heavy atom. The van der Waals surface area contributed by atoms with Crippen molar-refractivity contribution in [2.24, 2.45) is 11.7 Å². The van der Waals surface area contributed by atoms with Gasteiger partial charge in [0, 0.05) is 11.4 Å². The molecule has 3 atom stereocenters. The second kappa shape index (κ2) is 8.15. The van der Waals surface area contributed by atoms with Crippen LogP contribution in [-0.2, 0) is 16.1 Å². The van der Waals surface area contributed by atoms with Gasteiger partial charge in [-0.1, -0.05) is 30.3 Å². The second-order valence-corrected chi connectivity index (χ2v) is 9.09. The van der Waals surface area contributed by atoms with Gasteiger partial charge in [-0.05, 0) is 43.4 Å². The number of amides is 3. The van der Waals surface area contributed by atoms with Gasteiger partial charge in [0.1, 0.15) is 12.6 Å². The van der Waals surface area contributed by atoms with Crippen molar-refractivity contribution in [1.29, 1.82) is 0 Å². The molecule has 3 heterocycles. The number of nitrogens with zero attached hydrogens (tertiary/aromatic N) is 5. The first-order valence-corrected chi connectivity index (χ1v) is 11.6. The molecule has 176 valence electrons. The molecule has 2 aliphatic rings. The topological polar surface area (TPSA) is 136 Å². The average molecular weight is 470 g/mol. The van der Waals surface area contributed by atoms with Crippen molar-refractivity contribution in [3.63, 3.8) is 0 Å². The van der Waals surface area contributed by atoms with Crippen LogP contribution in [-0.4, -0.2) is 54.5 Å². The monoisotopic (exact) mass is 469 g/mol. The van der Waals surface area contributed by atoms with E-state index in [1.165, 1.54) is 10.9 Å². The number of benzene rings is 2. The molecule has 2 aromatic heterocycles. The summed E-state index contributed by atoms with van der Waals surface area (Å²) in [6.07, 6.45) is 4.08. The number of fused-ring (bicyclic) bond motifs is 4. The summed E-state index contributed by atoms with van der Waals surface area (Å²) in [4.78, 5) is 49.3. The van der Waals surface area contributed by atoms with E-state index in [1.807, 2.05) is 30.3 Å². The molecule has 0 radical (unpaired) electrons. The Bertz CT molecular complexity index is 1500. The van der Waals surface area contributed by atoms with Gasteiger partial charge in [-0.3, -0.25) is 24.0 Å². The van der Waals surface area contributed by atoms with E-state index in [9.17, 15) is 14.4 Å². The first-order chi connectivity index (χ1) is 17.0. The molecule has 1 saturated heterocycles. The van der Waals surface area contributed by atoms with Gasteiger partial charge in [0.2, 0.25) is 11.8 Å². The zero-order valence-electron chi connectivity index (χ0n) is 18.8. The number of rotatable bonds is 5. The Kier molecular flexibility index (Phi) is 4.94. The highest BCUT2D eigenvalue weighted by Crippen LogP contribution is 2.43. The van der Waals surface area contributed by atoms with Crippen molar-refractivity contribution in [2.45, 2.75) is 37.9 Å². The highest BCUT2D eigenvalue weighted by atomic mass is 16.2. The normalized spacial score (nSPS) is 21.0. The molecular formula is C25H23N7O3. The number of anilines is 1. The maximum atomic E-state index is 13.5. The SMILES string of the molecule is NC(=O)c1nn(CC(=O)N2[C@@H]3CCC(C3)[C@H]2C(=O)Nc2cnc3ccccc3n2)c2ccccc12. The Balaban J connectivity index is 1.26. The number of hydrogen-bond donors (Lipinski definition) is 2. The molecule has 1 aliphatic heterocycles. The van der Waals surface area contributed by atoms with Gasteiger partial charge in [0.05, 0.1) is 22.7 Å². The maximum absolute atomic E-state index is 13.5. The lowest BCUT2D eigenvalue weighted by Crippen LogP contribution is -2.52. The zero-order chi connectivity index (χ0) is 24.1. The highest BCUT2D eigenvalue weighted by molar-refractivity contribution is 6.04. The molecule has 10 heteroatoms. The number of likely N-dealkylation sites (tertiary alicyclic amines) is 1. The van der Waals surface area contributed by atoms with Crippen molar-refractivity contribution in [1.82, 2.24) is 24.6 Å². The zero-order valence-corrected chi connectivity index (χ0v) is 18.8. The van der Waals surface area contributed by atoms with E-state index < -0.39 is 11.9 Å². The summed E-state index contributed by atoms with van der Waals surface area (Å²) in [5.74, 6) is -0.688. The van der Waals surface area contributed by atoms with Crippen LogP contribution in [0.1, 0.15) is 29.8 Å². The quantitative estimate of drug-likeness (QED) is 0.459. The molecule has 1 aliphatic carbocycles. The largest absolute Gasteiger partial charge is 0.364 e. The number of carbonyl (C=O) groups excluding carboxylic acids is 3. The molecule has 3 N–H and O–H groups in total. The third-order valence-electron chi connectivity index (χ3n) is 7.02. The Morgan fingerprint density at radius 1 is 1.03 bits per heavy atom. The lowest BCUT2D eigenvalue weighted by atomic mass is 9.97. The summed E-state index contributed by atoms with van der Waals surface area (Å²) in [7, 11) is 0. The molecule has 35 heavy (non-hydrogen) atoms. The van der Waals surface area contributed by atoms with E-state index in [0.717, 1.165) is 24.8 Å². The summed E-state index contributed by atoms with van der Waals surface area (Å²) in [5.41, 5.74) is 7.68. The number of aromatic nitrogens is 4. The number of primary amides is 1. The number of para-hydroxylation sites is 3. The van der Waals surface area contributed by atoms with Gasteiger partial charge in [-0.2, -0.15) is 5.10 Å². The summed E-state index contributed by atoms with van der Waals surface area (Å²) in [6.45, 7) is -0.0867. The van der Waals surface area contributed by atoms with Crippen molar-refractivity contribution in [3.05, 3.63) is 60.4 Å². The number of piperidine rings is 1. The third kappa shape index (κ3) is 3.58. The van der Waals surface area contributed by atoms with Crippen LogP contribution in [0.2, 0.25) is 0 Å². The number of nitrogens with one attached hydrogen (secondary N) is 1. The smallest absolute Gasteiger partial charge is 0.269 e. The Labute approximate surface area is 200 Å². The molecule has 3 amide bonds. The lowest BCUT2D eigenvalue weighted by Gasteiger charge is -2.34. The van der Waals surface area contributed by atoms with Crippen LogP contribution < -0.4 is 11.1 Å². The second-order valence-electron chi connectivity index (χ2n) is 9.09. The fourth-order valence-electron chi connectivity index (χ4n) is 5.54. The van der Waals surface area contributed by atoms with E-state index in [2.05, 4.69) is 20.4 Å². The molecule has 1 unspecified atom stereocenters. The van der Waals surface area contributed by atoms with Crippen LogP contribution in [0.25, 0.3) is 21.9 Å². The van der Waals surface area contributed by atoms with Crippen LogP contribution in [0.5, 0.6) is 0 Å². The lowest BCUT2D eigenvalue weighted by molar-refractivity contribution is -0.141. The van der Waals surface area contributed by atoms with Crippen molar-refractivity contribution >= 4 is 45.5 Å². The predicted octanol–water partition coefficient (Wildman–Crippen LogP) is 2.10. The summed E-state index contributed by atoms with van der Waals surface area (Å²) >= 11 is 0. The molecular weight excluding hydrogens is 446 g/mol. The maximum Gasteiger partial charge on any atom is 0.269 e. The van der Waals surface area contributed by atoms with Crippen LogP contribution in [0.4, 0.5) is 5.82 Å². The fourth-order valence-corrected chi connectivity index (χ4v) is 5.54. The molecule has 4 aromatic rings. The van der Waals surface area contributed by atoms with Gasteiger partial charge in [-0.15, -0.1) is 0 Å². The van der Waals surface area contributed by atoms with Crippen molar-refractivity contribution in [2.75, 3.05) is 5.32 Å². The predicted molar refractivity (Wildman–Crippen MR) is 128 cm³/mol. The van der Waals surface area contributed by atoms with Crippen molar-refractivity contribution in [3.8, 4) is 0 Å². The first kappa shape index (κ1) is 21.2. The Morgan fingerprint density at radius 2 is 1.80 bits per heavy atom. The van der Waals surface area contributed by atoms with Crippen LogP contribution >= 0.6 is 0 Å². The summed E-state index contributed by atoms with van der Waals surface area (Å²) in [6, 6.07) is 14.0. The molecule has 6 rings (SSSR count). The van der Waals surface area contributed by atoms with Crippen LogP contribution in [0.3, 0.4) is 0 Å². The number of hydrogen-bond acceptors (Lipinski definition) is 6. The van der Waals surface area contributed by atoms with Gasteiger partial charge in [0.15, 0.2) is 11.5 Å². The van der Waals surface area contributed by atoms with E-state index in [0.29, 0.717) is 22.2 Å². The highest BCUT2D eigenvalue weighted by Gasteiger charge is 2.51. The summed E-state index contributed by atoms with van der Waals surface area (Å²) < 4.78 is 1.49. The molecule has 2 fully saturated rings. The van der Waals surface area contributed by atoms with E-state index in [4.69, 9.17) is 5.73 Å². The molecule has 0 spiro atoms. The molecule has 10 nitrogen and oxygen atoms in total. The van der Waals surface area contributed by atoms with E-state index >= 15 is 0 Å². The minimum absolute atomic E-state index is 0.00312. The first-order valence-electron chi connectivity index (χ1n) is 11.6. The van der Waals surface area contributed by atoms with Crippen molar-refractivity contribution < 1.29 is 14.4 Å². The van der Waals surface area contributed by atoms with Crippen LogP contribution in [0.15, 0.2) is 54.7 Å². The Hall–Kier alpha value is -4.34. The van der Waals surface area contributed by atoms with Gasteiger partial charge in [0.25, 0.3) is 5.91 Å². The molecule has 1 saturated carbocycles. The van der Waals surface area contributed by atoms with Crippen LogP contribution in [0, 0.1) is 5.92 Å². The van der Waals surface area contributed by atoms with E-state index in [1.54, 1.807) is 23.1 Å². The standard InChI is InChI=1S/C25H23N7O3/c26-24(34)22-16-5-1-4-8-19(16)31(30-22)13-21(33)32-15-10-9-14(11-15)23(32)25(35)29-20-12-27-17-6-2-3-7-18(17)28-20/h1-8,12,14-15,23H,9-11,13H2,(H2,26,34)(H,28,29,35)/t14?,15-,23+/m1/s1. The molecule has 2 bridgehead atoms. The van der Waals surface area contributed by atoms with Gasteiger partial charge in [-0.25, -0.2) is 4.98 Å². The number of carbonyl (C=O) groups is 3. The summed E-state index contributed by atoms with van der Waals surface area (Å²) in [5, 5.41) is 7.77.